The van der Waals surface area contributed by atoms with Crippen molar-refractivity contribution in [2.45, 2.75) is 84.1 Å². The van der Waals surface area contributed by atoms with Gasteiger partial charge in [-0.3, -0.25) is 4.99 Å². The maximum absolute atomic E-state index is 13.5. The van der Waals surface area contributed by atoms with Crippen LogP contribution in [0.15, 0.2) is 40.7 Å². The number of allylic oxidation sites excluding steroid dienone is 1. The van der Waals surface area contributed by atoms with Crippen LogP contribution in [0, 0.1) is 12.8 Å². The largest absolute Gasteiger partial charge is 0.416 e. The quantitative estimate of drug-likeness (QED) is 0.561. The van der Waals surface area contributed by atoms with Crippen LogP contribution in [0.4, 0.5) is 13.2 Å². The molecule has 2 aliphatic heterocycles. The van der Waals surface area contributed by atoms with Crippen molar-refractivity contribution in [2.24, 2.45) is 10.9 Å². The second-order valence-corrected chi connectivity index (χ2v) is 8.87. The van der Waals surface area contributed by atoms with Crippen LogP contribution in [-0.2, 0) is 17.5 Å². The van der Waals surface area contributed by atoms with Gasteiger partial charge in [-0.2, -0.15) is 13.2 Å². The zero-order chi connectivity index (χ0) is 24.0. The molecule has 4 nitrogen and oxygen atoms in total. The predicted octanol–water partition coefficient (Wildman–Crippen LogP) is 5.84. The highest BCUT2D eigenvalue weighted by molar-refractivity contribution is 5.71. The lowest BCUT2D eigenvalue weighted by molar-refractivity contribution is -0.138. The van der Waals surface area contributed by atoms with Gasteiger partial charge in [-0.05, 0) is 68.7 Å². The van der Waals surface area contributed by atoms with E-state index in [9.17, 15) is 18.0 Å². The van der Waals surface area contributed by atoms with Gasteiger partial charge >= 0.3 is 6.18 Å². The summed E-state index contributed by atoms with van der Waals surface area (Å²) in [6, 6.07) is 5.00. The van der Waals surface area contributed by atoms with Crippen molar-refractivity contribution in [3.05, 3.63) is 52.4 Å². The molecule has 2 bridgehead atoms. The summed E-state index contributed by atoms with van der Waals surface area (Å²) in [6.45, 7) is 6.70. The van der Waals surface area contributed by atoms with E-state index < -0.39 is 11.7 Å². The van der Waals surface area contributed by atoms with Crippen molar-refractivity contribution < 1.29 is 18.0 Å². The molecule has 1 N–H and O–H groups in total. The van der Waals surface area contributed by atoms with E-state index in [-0.39, 0.29) is 18.2 Å². The van der Waals surface area contributed by atoms with E-state index in [2.05, 4.69) is 16.3 Å². The maximum atomic E-state index is 13.5. The third-order valence-corrected chi connectivity index (χ3v) is 6.73. The van der Waals surface area contributed by atoms with E-state index in [0.717, 1.165) is 38.6 Å². The fourth-order valence-electron chi connectivity index (χ4n) is 5.15. The van der Waals surface area contributed by atoms with Gasteiger partial charge in [0.05, 0.1) is 11.3 Å². The van der Waals surface area contributed by atoms with Crippen LogP contribution in [-0.4, -0.2) is 35.7 Å². The number of alkyl halides is 3. The zero-order valence-corrected chi connectivity index (χ0v) is 19.7. The number of hydrogen-bond acceptors (Lipinski definition) is 4. The second kappa shape index (κ2) is 11.2. The molecule has 1 aromatic rings. The van der Waals surface area contributed by atoms with Crippen LogP contribution in [0.3, 0.4) is 0 Å². The SMILES string of the molecule is CC.Cc1ccc(CN(C(=C=O)C2=CCC=N2)C2CCC3CC(CCN3)C2)cc1C(F)(F)F. The van der Waals surface area contributed by atoms with Crippen molar-refractivity contribution in [1.29, 1.82) is 0 Å². The Morgan fingerprint density at radius 2 is 2.00 bits per heavy atom. The number of nitrogens with one attached hydrogen (secondary N) is 1. The monoisotopic (exact) mass is 461 g/mol. The molecule has 1 aromatic carbocycles. The van der Waals surface area contributed by atoms with E-state index in [1.807, 2.05) is 24.8 Å². The highest BCUT2D eigenvalue weighted by Crippen LogP contribution is 2.36. The summed E-state index contributed by atoms with van der Waals surface area (Å²) < 4.78 is 40.4. The number of benzene rings is 1. The Labute approximate surface area is 194 Å². The fraction of sp³-hybridized carbons (Fsp3) is 0.577. The number of piperidine rings is 1. The van der Waals surface area contributed by atoms with Crippen molar-refractivity contribution in [3.8, 4) is 0 Å². The van der Waals surface area contributed by atoms with Gasteiger partial charge in [-0.15, -0.1) is 0 Å². The Balaban J connectivity index is 0.00000149. The molecule has 1 aliphatic carbocycles. The first-order chi connectivity index (χ1) is 15.8. The lowest BCUT2D eigenvalue weighted by Crippen LogP contribution is -2.37. The van der Waals surface area contributed by atoms with Crippen LogP contribution in [0.25, 0.3) is 0 Å². The molecule has 33 heavy (non-hydrogen) atoms. The van der Waals surface area contributed by atoms with E-state index in [0.29, 0.717) is 35.3 Å². The Morgan fingerprint density at radius 1 is 1.21 bits per heavy atom. The van der Waals surface area contributed by atoms with Gasteiger partial charge in [-0.1, -0.05) is 32.1 Å². The first-order valence-electron chi connectivity index (χ1n) is 12.0. The first-order valence-corrected chi connectivity index (χ1v) is 12.0. The fourth-order valence-corrected chi connectivity index (χ4v) is 5.15. The Bertz CT molecular complexity index is 931. The molecular formula is C26H34F3N3O. The molecule has 0 aromatic heterocycles. The van der Waals surface area contributed by atoms with Gasteiger partial charge in [0.2, 0.25) is 0 Å². The summed E-state index contributed by atoms with van der Waals surface area (Å²) in [4.78, 5) is 18.3. The molecule has 2 fully saturated rings. The molecule has 180 valence electrons. The predicted molar refractivity (Wildman–Crippen MR) is 126 cm³/mol. The number of halogens is 3. The average Bonchev–Trinajstić information content (AvgIpc) is 3.28. The number of carbonyl (C=O) groups excluding carboxylic acids is 1. The normalized spacial score (nSPS) is 24.2. The lowest BCUT2D eigenvalue weighted by atomic mass is 9.90. The number of fused-ring (bicyclic) bond motifs is 2. The number of nitrogens with zero attached hydrogens (tertiary/aromatic N) is 2. The smallest absolute Gasteiger partial charge is 0.354 e. The Hall–Kier alpha value is -2.37. The van der Waals surface area contributed by atoms with Crippen molar-refractivity contribution in [3.63, 3.8) is 0 Å². The first kappa shape index (κ1) is 25.3. The molecule has 0 spiro atoms. The molecule has 4 rings (SSSR count). The van der Waals surface area contributed by atoms with E-state index in [1.165, 1.54) is 19.1 Å². The van der Waals surface area contributed by atoms with Gasteiger partial charge in [0, 0.05) is 31.3 Å². The minimum atomic E-state index is -4.41. The molecule has 1 saturated heterocycles. The van der Waals surface area contributed by atoms with Crippen molar-refractivity contribution in [1.82, 2.24) is 10.2 Å². The molecule has 3 unspecified atom stereocenters. The van der Waals surface area contributed by atoms with Crippen LogP contribution < -0.4 is 5.32 Å². The molecule has 0 radical (unpaired) electrons. The highest BCUT2D eigenvalue weighted by Gasteiger charge is 2.35. The van der Waals surface area contributed by atoms with Gasteiger partial charge in [0.1, 0.15) is 5.70 Å². The standard InChI is InChI=1S/C24H28F3N3O.C2H6/c1-16-4-5-18(13-21(16)24(25,26)27)14-30(23(15-31)22-3-2-9-29-22)20-7-6-19-11-17(12-20)8-10-28-19;1-2/h3-5,9,13,17,19-20,28H,2,6-8,10-12,14H2,1H3;1-2H3. The number of hydrogen-bond donors (Lipinski definition) is 1. The molecule has 3 atom stereocenters. The molecule has 7 heteroatoms. The van der Waals surface area contributed by atoms with E-state index in [4.69, 9.17) is 0 Å². The van der Waals surface area contributed by atoms with E-state index >= 15 is 0 Å². The summed E-state index contributed by atoms with van der Waals surface area (Å²) in [7, 11) is 0. The topological polar surface area (TPSA) is 44.7 Å². The van der Waals surface area contributed by atoms with Gasteiger partial charge in [-0.25, -0.2) is 4.79 Å². The third kappa shape index (κ3) is 6.15. The van der Waals surface area contributed by atoms with Crippen LogP contribution in [0.5, 0.6) is 0 Å². The number of rotatable bonds is 5. The second-order valence-electron chi connectivity index (χ2n) is 8.87. The van der Waals surface area contributed by atoms with Crippen LogP contribution in [0.1, 0.15) is 69.1 Å². The van der Waals surface area contributed by atoms with Crippen molar-refractivity contribution >= 4 is 12.2 Å². The van der Waals surface area contributed by atoms with Gasteiger partial charge < -0.3 is 10.2 Å². The third-order valence-electron chi connectivity index (χ3n) is 6.73. The average molecular weight is 462 g/mol. The zero-order valence-electron chi connectivity index (χ0n) is 19.7. The minimum Gasteiger partial charge on any atom is -0.354 e. The van der Waals surface area contributed by atoms with Crippen LogP contribution in [0.2, 0.25) is 0 Å². The summed E-state index contributed by atoms with van der Waals surface area (Å²) in [5, 5.41) is 3.57. The summed E-state index contributed by atoms with van der Waals surface area (Å²) in [5.41, 5.74) is 1.05. The number of aryl methyl sites for hydroxylation is 1. The summed E-state index contributed by atoms with van der Waals surface area (Å²) in [5.74, 6) is 2.63. The summed E-state index contributed by atoms with van der Waals surface area (Å²) >= 11 is 0. The molecule has 2 heterocycles. The van der Waals surface area contributed by atoms with Gasteiger partial charge in [0.15, 0.2) is 5.94 Å². The highest BCUT2D eigenvalue weighted by atomic mass is 19.4. The molecule has 1 saturated carbocycles. The Kier molecular flexibility index (Phi) is 8.55. The van der Waals surface area contributed by atoms with E-state index in [1.54, 1.807) is 12.3 Å². The lowest BCUT2D eigenvalue weighted by Gasteiger charge is -2.35. The minimum absolute atomic E-state index is 0.0682. The van der Waals surface area contributed by atoms with Gasteiger partial charge in [0.25, 0.3) is 0 Å². The Morgan fingerprint density at radius 3 is 2.67 bits per heavy atom. The molecule has 3 aliphatic rings. The van der Waals surface area contributed by atoms with Crippen molar-refractivity contribution in [2.75, 3.05) is 6.54 Å². The summed E-state index contributed by atoms with van der Waals surface area (Å²) in [6.07, 6.45) is 4.87. The van der Waals surface area contributed by atoms with Crippen LogP contribution >= 0.6 is 0 Å². The molecule has 0 amide bonds. The number of aliphatic imine (C=N–C) groups is 1. The molecular weight excluding hydrogens is 427 g/mol. The maximum Gasteiger partial charge on any atom is 0.416 e.